The van der Waals surface area contributed by atoms with E-state index in [-0.39, 0.29) is 22.3 Å². The maximum atomic E-state index is 12.1. The van der Waals surface area contributed by atoms with E-state index in [2.05, 4.69) is 16.0 Å². The number of rotatable bonds is 4. The molecule has 0 saturated carbocycles. The van der Waals surface area contributed by atoms with Crippen molar-refractivity contribution < 1.29 is 14.5 Å². The highest BCUT2D eigenvalue weighted by molar-refractivity contribution is 7.80. The first-order valence-electron chi connectivity index (χ1n) is 7.09. The van der Waals surface area contributed by atoms with Crippen molar-refractivity contribution >= 4 is 46.2 Å². The molecular formula is C16H14N4O4S. The normalized spacial score (nSPS) is 9.80. The number of carbonyl (C=O) groups excluding carboxylic acids is 2. The third-order valence-electron chi connectivity index (χ3n) is 3.01. The van der Waals surface area contributed by atoms with E-state index < -0.39 is 10.8 Å². The highest BCUT2D eigenvalue weighted by atomic mass is 32.1. The minimum absolute atomic E-state index is 0.0586. The van der Waals surface area contributed by atoms with Gasteiger partial charge in [-0.1, -0.05) is 6.07 Å². The highest BCUT2D eigenvalue weighted by Gasteiger charge is 2.11. The van der Waals surface area contributed by atoms with E-state index in [0.29, 0.717) is 11.4 Å². The topological polar surface area (TPSA) is 113 Å². The third-order valence-corrected chi connectivity index (χ3v) is 3.21. The molecule has 0 unspecified atom stereocenters. The van der Waals surface area contributed by atoms with Gasteiger partial charge in [0, 0.05) is 36.0 Å². The van der Waals surface area contributed by atoms with E-state index in [1.807, 2.05) is 0 Å². The number of carbonyl (C=O) groups is 2. The van der Waals surface area contributed by atoms with Crippen LogP contribution in [0.4, 0.5) is 17.1 Å². The second-order valence-electron chi connectivity index (χ2n) is 4.97. The maximum Gasteiger partial charge on any atom is 0.269 e. The Labute approximate surface area is 148 Å². The summed E-state index contributed by atoms with van der Waals surface area (Å²) in [5.41, 5.74) is 1.30. The highest BCUT2D eigenvalue weighted by Crippen LogP contribution is 2.15. The number of nitrogens with one attached hydrogen (secondary N) is 3. The Hall–Kier alpha value is -3.33. The Morgan fingerprint density at radius 2 is 1.64 bits per heavy atom. The van der Waals surface area contributed by atoms with Crippen LogP contribution in [0.5, 0.6) is 0 Å². The van der Waals surface area contributed by atoms with Gasteiger partial charge in [-0.15, -0.1) is 0 Å². The van der Waals surface area contributed by atoms with Gasteiger partial charge in [0.1, 0.15) is 0 Å². The number of nitro groups is 1. The maximum absolute atomic E-state index is 12.1. The molecule has 8 nitrogen and oxygen atoms in total. The molecule has 0 aliphatic rings. The van der Waals surface area contributed by atoms with Crippen LogP contribution in [-0.4, -0.2) is 21.9 Å². The lowest BCUT2D eigenvalue weighted by Crippen LogP contribution is -2.34. The zero-order valence-electron chi connectivity index (χ0n) is 13.1. The summed E-state index contributed by atoms with van der Waals surface area (Å²) in [7, 11) is 0. The van der Waals surface area contributed by atoms with E-state index in [1.165, 1.54) is 31.2 Å². The number of benzene rings is 2. The first-order valence-corrected chi connectivity index (χ1v) is 7.50. The van der Waals surface area contributed by atoms with Gasteiger partial charge in [0.15, 0.2) is 5.11 Å². The van der Waals surface area contributed by atoms with Crippen LogP contribution in [-0.2, 0) is 4.79 Å². The lowest BCUT2D eigenvalue weighted by molar-refractivity contribution is -0.384. The minimum Gasteiger partial charge on any atom is -0.332 e. The number of nitro benzene ring substituents is 1. The fourth-order valence-corrected chi connectivity index (χ4v) is 2.16. The Balaban J connectivity index is 1.98. The van der Waals surface area contributed by atoms with Crippen LogP contribution in [0.25, 0.3) is 0 Å². The predicted molar refractivity (Wildman–Crippen MR) is 97.5 cm³/mol. The molecule has 3 N–H and O–H groups in total. The zero-order chi connectivity index (χ0) is 18.4. The molecule has 0 aliphatic heterocycles. The van der Waals surface area contributed by atoms with Crippen molar-refractivity contribution in [2.45, 2.75) is 6.92 Å². The van der Waals surface area contributed by atoms with Crippen LogP contribution >= 0.6 is 12.2 Å². The van der Waals surface area contributed by atoms with Gasteiger partial charge in [-0.25, -0.2) is 0 Å². The van der Waals surface area contributed by atoms with Gasteiger partial charge in [-0.2, -0.15) is 0 Å². The van der Waals surface area contributed by atoms with Gasteiger partial charge in [-0.05, 0) is 42.5 Å². The fourth-order valence-electron chi connectivity index (χ4n) is 1.95. The lowest BCUT2D eigenvalue weighted by atomic mass is 10.2. The molecule has 2 rings (SSSR count). The molecule has 0 atom stereocenters. The Kier molecular flexibility index (Phi) is 5.75. The largest absolute Gasteiger partial charge is 0.332 e. The SMILES string of the molecule is CC(=O)Nc1cccc(NC(=S)NC(=O)c2ccc([N+](=O)[O-])cc2)c1. The second kappa shape index (κ2) is 7.97. The van der Waals surface area contributed by atoms with E-state index in [9.17, 15) is 19.7 Å². The minimum atomic E-state index is -0.546. The van der Waals surface area contributed by atoms with E-state index >= 15 is 0 Å². The van der Waals surface area contributed by atoms with Crippen LogP contribution in [0.3, 0.4) is 0 Å². The molecule has 2 aromatic rings. The Morgan fingerprint density at radius 1 is 1.04 bits per heavy atom. The number of thiocarbonyl (C=S) groups is 1. The first kappa shape index (κ1) is 18.0. The summed E-state index contributed by atoms with van der Waals surface area (Å²) in [6, 6.07) is 12.0. The Morgan fingerprint density at radius 3 is 2.20 bits per heavy atom. The Bertz CT molecular complexity index is 836. The zero-order valence-corrected chi connectivity index (χ0v) is 13.9. The van der Waals surface area contributed by atoms with Crippen molar-refractivity contribution in [3.63, 3.8) is 0 Å². The molecular weight excluding hydrogens is 344 g/mol. The third kappa shape index (κ3) is 5.36. The number of anilines is 2. The summed E-state index contributed by atoms with van der Waals surface area (Å²) < 4.78 is 0. The monoisotopic (exact) mass is 358 g/mol. The van der Waals surface area contributed by atoms with Crippen LogP contribution in [0.1, 0.15) is 17.3 Å². The van der Waals surface area contributed by atoms with Crippen LogP contribution in [0, 0.1) is 10.1 Å². The van der Waals surface area contributed by atoms with Crippen molar-refractivity contribution in [3.8, 4) is 0 Å². The van der Waals surface area contributed by atoms with Crippen LogP contribution in [0.2, 0.25) is 0 Å². The molecule has 0 radical (unpaired) electrons. The molecule has 2 aromatic carbocycles. The van der Waals surface area contributed by atoms with Crippen LogP contribution < -0.4 is 16.0 Å². The van der Waals surface area contributed by atoms with E-state index in [4.69, 9.17) is 12.2 Å². The molecule has 0 heterocycles. The van der Waals surface area contributed by atoms with E-state index in [0.717, 1.165) is 0 Å². The summed E-state index contributed by atoms with van der Waals surface area (Å²) in [4.78, 5) is 33.2. The number of amides is 2. The summed E-state index contributed by atoms with van der Waals surface area (Å²) in [6.45, 7) is 1.40. The summed E-state index contributed by atoms with van der Waals surface area (Å²) >= 11 is 5.07. The van der Waals surface area contributed by atoms with Gasteiger partial charge in [0.25, 0.3) is 11.6 Å². The number of hydrogen-bond donors (Lipinski definition) is 3. The number of non-ortho nitro benzene ring substituents is 1. The summed E-state index contributed by atoms with van der Waals surface area (Å²) in [5, 5.41) is 18.6. The molecule has 0 saturated heterocycles. The molecule has 0 bridgehead atoms. The molecule has 2 amide bonds. The fraction of sp³-hybridized carbons (Fsp3) is 0.0625. The molecule has 0 aliphatic carbocycles. The molecule has 0 spiro atoms. The predicted octanol–water partition coefficient (Wildman–Crippen LogP) is 2.68. The summed E-state index contributed by atoms with van der Waals surface area (Å²) in [5.74, 6) is -0.698. The first-order chi connectivity index (χ1) is 11.8. The molecule has 25 heavy (non-hydrogen) atoms. The van der Waals surface area contributed by atoms with Crippen LogP contribution in [0.15, 0.2) is 48.5 Å². The standard InChI is InChI=1S/C16H14N4O4S/c1-10(21)17-12-3-2-4-13(9-12)18-16(25)19-15(22)11-5-7-14(8-6-11)20(23)24/h2-9H,1H3,(H,17,21)(H2,18,19,22,25). The van der Waals surface area contributed by atoms with Crippen molar-refractivity contribution in [2.75, 3.05) is 10.6 Å². The van der Waals surface area contributed by atoms with Gasteiger partial charge in [0.05, 0.1) is 4.92 Å². The average Bonchev–Trinajstić information content (AvgIpc) is 2.54. The van der Waals surface area contributed by atoms with Crippen molar-refractivity contribution in [1.29, 1.82) is 0 Å². The average molecular weight is 358 g/mol. The second-order valence-corrected chi connectivity index (χ2v) is 5.38. The molecule has 0 aromatic heterocycles. The van der Waals surface area contributed by atoms with Gasteiger partial charge >= 0.3 is 0 Å². The van der Waals surface area contributed by atoms with Gasteiger partial charge in [0.2, 0.25) is 5.91 Å². The number of hydrogen-bond acceptors (Lipinski definition) is 5. The van der Waals surface area contributed by atoms with Crippen molar-refractivity contribution in [3.05, 3.63) is 64.2 Å². The number of nitrogens with zero attached hydrogens (tertiary/aromatic N) is 1. The molecule has 0 fully saturated rings. The quantitative estimate of drug-likeness (QED) is 0.440. The van der Waals surface area contributed by atoms with Gasteiger partial charge < -0.3 is 10.6 Å². The molecule has 9 heteroatoms. The van der Waals surface area contributed by atoms with E-state index in [1.54, 1.807) is 24.3 Å². The summed E-state index contributed by atoms with van der Waals surface area (Å²) in [6.07, 6.45) is 0. The smallest absolute Gasteiger partial charge is 0.269 e. The lowest BCUT2D eigenvalue weighted by Gasteiger charge is -2.11. The van der Waals surface area contributed by atoms with Gasteiger partial charge in [-0.3, -0.25) is 25.0 Å². The van der Waals surface area contributed by atoms with Crippen molar-refractivity contribution in [1.82, 2.24) is 5.32 Å². The van der Waals surface area contributed by atoms with Crippen molar-refractivity contribution in [2.24, 2.45) is 0 Å². The molecule has 128 valence electrons.